The molecule has 126 valence electrons. The molecule has 0 aliphatic heterocycles. The first kappa shape index (κ1) is 16.9. The van der Waals surface area contributed by atoms with Gasteiger partial charge in [-0.1, -0.05) is 6.07 Å². The van der Waals surface area contributed by atoms with E-state index in [1.807, 2.05) is 6.07 Å². The van der Waals surface area contributed by atoms with Gasteiger partial charge in [0.1, 0.15) is 40.4 Å². The summed E-state index contributed by atoms with van der Waals surface area (Å²) in [6.45, 7) is 0. The number of hydrogen-bond donors (Lipinski definition) is 0. The van der Waals surface area contributed by atoms with E-state index in [4.69, 9.17) is 19.5 Å². The zero-order valence-corrected chi connectivity index (χ0v) is 14.0. The number of ether oxygens (including phenoxy) is 3. The van der Waals surface area contributed by atoms with Gasteiger partial charge in [0.15, 0.2) is 0 Å². The average molecular weight is 342 g/mol. The zero-order valence-electron chi connectivity index (χ0n) is 14.0. The Morgan fingerprint density at radius 3 is 1.62 bits per heavy atom. The highest BCUT2D eigenvalue weighted by atomic mass is 16.5. The molecule has 3 rings (SSSR count). The fraction of sp³-hybridized carbons (Fsp3) is 0.0476. The third-order valence-electron chi connectivity index (χ3n) is 3.60. The molecule has 0 heterocycles. The molecule has 26 heavy (non-hydrogen) atoms. The predicted octanol–water partition coefficient (Wildman–Crippen LogP) is 5.02. The minimum Gasteiger partial charge on any atom is -0.497 e. The topological polar surface area (TPSA) is 75.3 Å². The van der Waals surface area contributed by atoms with Crippen molar-refractivity contribution in [2.45, 2.75) is 0 Å². The minimum absolute atomic E-state index is 0.285. The van der Waals surface area contributed by atoms with E-state index in [-0.39, 0.29) is 5.56 Å². The van der Waals surface area contributed by atoms with Crippen molar-refractivity contribution in [1.29, 1.82) is 10.5 Å². The molecule has 0 amide bonds. The summed E-state index contributed by atoms with van der Waals surface area (Å²) < 4.78 is 16.7. The summed E-state index contributed by atoms with van der Waals surface area (Å²) in [6.07, 6.45) is 0. The lowest BCUT2D eigenvalue weighted by Gasteiger charge is -2.12. The van der Waals surface area contributed by atoms with Crippen LogP contribution in [0.15, 0.2) is 66.7 Å². The Bertz CT molecular complexity index is 982. The molecule has 5 heteroatoms. The largest absolute Gasteiger partial charge is 0.497 e. The molecular formula is C21H14N2O3. The van der Waals surface area contributed by atoms with Gasteiger partial charge in [-0.2, -0.15) is 10.5 Å². The number of nitrogens with zero attached hydrogens (tertiary/aromatic N) is 2. The molecule has 3 aromatic rings. The summed E-state index contributed by atoms with van der Waals surface area (Å²) in [4.78, 5) is 0. The maximum atomic E-state index is 9.55. The summed E-state index contributed by atoms with van der Waals surface area (Å²) in [7, 11) is 1.59. The maximum Gasteiger partial charge on any atom is 0.149 e. The number of nitriles is 2. The van der Waals surface area contributed by atoms with Crippen LogP contribution in [-0.4, -0.2) is 7.11 Å². The molecule has 0 unspecified atom stereocenters. The van der Waals surface area contributed by atoms with Crippen molar-refractivity contribution in [3.8, 4) is 40.9 Å². The smallest absolute Gasteiger partial charge is 0.149 e. The van der Waals surface area contributed by atoms with Crippen LogP contribution in [0.1, 0.15) is 11.1 Å². The molecule has 0 bridgehead atoms. The van der Waals surface area contributed by atoms with Gasteiger partial charge in [-0.25, -0.2) is 0 Å². The van der Waals surface area contributed by atoms with E-state index in [9.17, 15) is 5.26 Å². The van der Waals surface area contributed by atoms with E-state index in [0.717, 1.165) is 5.75 Å². The molecule has 0 aliphatic carbocycles. The van der Waals surface area contributed by atoms with Crippen LogP contribution in [-0.2, 0) is 0 Å². The molecule has 0 atom stereocenters. The highest BCUT2D eigenvalue weighted by molar-refractivity contribution is 5.55. The van der Waals surface area contributed by atoms with Crippen molar-refractivity contribution >= 4 is 0 Å². The first-order valence-electron chi connectivity index (χ1n) is 7.76. The third kappa shape index (κ3) is 3.75. The van der Waals surface area contributed by atoms with Crippen LogP contribution in [0.25, 0.3) is 0 Å². The Morgan fingerprint density at radius 2 is 1.15 bits per heavy atom. The third-order valence-corrected chi connectivity index (χ3v) is 3.60. The van der Waals surface area contributed by atoms with Crippen molar-refractivity contribution in [2.75, 3.05) is 7.11 Å². The van der Waals surface area contributed by atoms with Gasteiger partial charge in [0, 0.05) is 0 Å². The lowest BCUT2D eigenvalue weighted by Crippen LogP contribution is -1.93. The summed E-state index contributed by atoms with van der Waals surface area (Å²) in [5.41, 5.74) is 0.821. The van der Waals surface area contributed by atoms with Gasteiger partial charge in [-0.05, 0) is 60.7 Å². The van der Waals surface area contributed by atoms with E-state index in [2.05, 4.69) is 6.07 Å². The molecule has 0 aliphatic rings. The van der Waals surface area contributed by atoms with Crippen LogP contribution in [0.3, 0.4) is 0 Å². The van der Waals surface area contributed by atoms with Gasteiger partial charge in [0.05, 0.1) is 18.7 Å². The monoisotopic (exact) mass is 342 g/mol. The van der Waals surface area contributed by atoms with Crippen LogP contribution in [0.5, 0.6) is 28.7 Å². The second-order valence-corrected chi connectivity index (χ2v) is 5.26. The van der Waals surface area contributed by atoms with E-state index in [0.29, 0.717) is 28.6 Å². The Balaban J connectivity index is 1.86. The number of hydrogen-bond acceptors (Lipinski definition) is 5. The van der Waals surface area contributed by atoms with Crippen LogP contribution in [0.2, 0.25) is 0 Å². The predicted molar refractivity (Wildman–Crippen MR) is 95.5 cm³/mol. The molecular weight excluding hydrogens is 328 g/mol. The Labute approximate surface area is 151 Å². The number of rotatable bonds is 5. The van der Waals surface area contributed by atoms with Crippen LogP contribution in [0, 0.1) is 22.7 Å². The summed E-state index contributed by atoms with van der Waals surface area (Å²) in [5.74, 6) is 2.60. The van der Waals surface area contributed by atoms with Gasteiger partial charge in [-0.15, -0.1) is 0 Å². The van der Waals surface area contributed by atoms with E-state index in [1.165, 1.54) is 0 Å². The second-order valence-electron chi connectivity index (χ2n) is 5.26. The molecule has 0 N–H and O–H groups in total. The van der Waals surface area contributed by atoms with Gasteiger partial charge < -0.3 is 14.2 Å². The van der Waals surface area contributed by atoms with Gasteiger partial charge in [0.25, 0.3) is 0 Å². The van der Waals surface area contributed by atoms with Crippen molar-refractivity contribution in [2.24, 2.45) is 0 Å². The standard InChI is InChI=1S/C21H14N2O3/c1-24-16-9-11-18(12-10-16)26-21-4-2-3-20(19(21)14-23)25-17-7-5-15(13-22)6-8-17/h2-12H,1H3. The summed E-state index contributed by atoms with van der Waals surface area (Å²) in [5, 5.41) is 18.4. The molecule has 0 radical (unpaired) electrons. The SMILES string of the molecule is COc1ccc(Oc2cccc(Oc3ccc(C#N)cc3)c2C#N)cc1. The molecule has 0 aromatic heterocycles. The second kappa shape index (κ2) is 7.74. The first-order valence-corrected chi connectivity index (χ1v) is 7.76. The summed E-state index contributed by atoms with van der Waals surface area (Å²) >= 11 is 0. The Kier molecular flexibility index (Phi) is 5.03. The lowest BCUT2D eigenvalue weighted by atomic mass is 10.2. The van der Waals surface area contributed by atoms with Crippen LogP contribution in [0.4, 0.5) is 0 Å². The normalized spacial score (nSPS) is 9.65. The fourth-order valence-electron chi connectivity index (χ4n) is 2.29. The Hall–Kier alpha value is -3.96. The minimum atomic E-state index is 0.285. The van der Waals surface area contributed by atoms with Crippen LogP contribution < -0.4 is 14.2 Å². The number of methoxy groups -OCH3 is 1. The van der Waals surface area contributed by atoms with Crippen LogP contribution >= 0.6 is 0 Å². The van der Waals surface area contributed by atoms with Gasteiger partial charge in [-0.3, -0.25) is 0 Å². The highest BCUT2D eigenvalue weighted by Gasteiger charge is 2.12. The summed E-state index contributed by atoms with van der Waals surface area (Å²) in [6, 6.07) is 23.0. The lowest BCUT2D eigenvalue weighted by molar-refractivity contribution is 0.412. The van der Waals surface area contributed by atoms with Crippen molar-refractivity contribution in [1.82, 2.24) is 0 Å². The average Bonchev–Trinajstić information content (AvgIpc) is 2.69. The molecule has 5 nitrogen and oxygen atoms in total. The highest BCUT2D eigenvalue weighted by Crippen LogP contribution is 2.34. The van der Waals surface area contributed by atoms with Crippen molar-refractivity contribution < 1.29 is 14.2 Å². The quantitative estimate of drug-likeness (QED) is 0.650. The first-order chi connectivity index (χ1) is 12.7. The van der Waals surface area contributed by atoms with Crippen molar-refractivity contribution in [3.05, 3.63) is 77.9 Å². The maximum absolute atomic E-state index is 9.55. The van der Waals surface area contributed by atoms with E-state index in [1.54, 1.807) is 73.8 Å². The molecule has 0 saturated carbocycles. The van der Waals surface area contributed by atoms with E-state index < -0.39 is 0 Å². The van der Waals surface area contributed by atoms with Gasteiger partial charge >= 0.3 is 0 Å². The molecule has 0 spiro atoms. The molecule has 0 fully saturated rings. The van der Waals surface area contributed by atoms with Crippen molar-refractivity contribution in [3.63, 3.8) is 0 Å². The van der Waals surface area contributed by atoms with E-state index >= 15 is 0 Å². The fourth-order valence-corrected chi connectivity index (χ4v) is 2.29. The van der Waals surface area contributed by atoms with Gasteiger partial charge in [0.2, 0.25) is 0 Å². The zero-order chi connectivity index (χ0) is 18.4. The number of benzene rings is 3. The molecule has 0 saturated heterocycles. The molecule has 3 aromatic carbocycles. The Morgan fingerprint density at radius 1 is 0.654 bits per heavy atom.